The summed E-state index contributed by atoms with van der Waals surface area (Å²) in [5, 5.41) is 2.77. The standard InChI is InChI=1S/C27H31N5O5S.2ClH/c1-5-6-7-24-28-13-22(30(24)14-19-8-10-20(11-9-19)26(34)37-4)12-23-25(33)32(17-36-3)27(35)31(23)15-21-16-38-18(2)29-21;;/h8-13,16H,5-7,14-15,17H2,1-4H3;2*1H/b23-12-;;. The summed E-state index contributed by atoms with van der Waals surface area (Å²) in [7, 11) is 2.79. The van der Waals surface area contributed by atoms with Gasteiger partial charge in [-0.2, -0.15) is 0 Å². The van der Waals surface area contributed by atoms with Gasteiger partial charge in [0.2, 0.25) is 0 Å². The highest BCUT2D eigenvalue weighted by Crippen LogP contribution is 2.27. The van der Waals surface area contributed by atoms with E-state index in [9.17, 15) is 14.4 Å². The largest absolute Gasteiger partial charge is 0.465 e. The van der Waals surface area contributed by atoms with Gasteiger partial charge in [0, 0.05) is 25.5 Å². The van der Waals surface area contributed by atoms with Gasteiger partial charge in [-0.15, -0.1) is 36.2 Å². The Morgan fingerprint density at radius 1 is 1.07 bits per heavy atom. The van der Waals surface area contributed by atoms with Gasteiger partial charge in [-0.25, -0.2) is 24.5 Å². The number of imidazole rings is 1. The molecule has 1 aromatic carbocycles. The van der Waals surface area contributed by atoms with Crippen molar-refractivity contribution in [3.05, 3.63) is 74.9 Å². The second-order valence-corrected chi connectivity index (χ2v) is 9.95. The first kappa shape index (κ1) is 33.0. The van der Waals surface area contributed by atoms with E-state index in [-0.39, 0.29) is 43.8 Å². The number of carbonyl (C=O) groups excluding carboxylic acids is 3. The normalized spacial score (nSPS) is 13.9. The number of methoxy groups -OCH3 is 2. The molecule has 1 aliphatic rings. The molecular formula is C27H33Cl2N5O5S. The summed E-state index contributed by atoms with van der Waals surface area (Å²) in [6.07, 6.45) is 6.17. The fraction of sp³-hybridized carbons (Fsp3) is 0.370. The molecular weight excluding hydrogens is 577 g/mol. The average Bonchev–Trinajstić information content (AvgIpc) is 3.57. The van der Waals surface area contributed by atoms with E-state index in [1.165, 1.54) is 30.5 Å². The summed E-state index contributed by atoms with van der Waals surface area (Å²) in [5.41, 5.74) is 3.07. The van der Waals surface area contributed by atoms with Crippen molar-refractivity contribution in [1.82, 2.24) is 24.3 Å². The number of nitrogens with zero attached hydrogens (tertiary/aromatic N) is 5. The smallest absolute Gasteiger partial charge is 0.337 e. The van der Waals surface area contributed by atoms with Crippen molar-refractivity contribution in [2.24, 2.45) is 0 Å². The molecule has 13 heteroatoms. The summed E-state index contributed by atoms with van der Waals surface area (Å²) < 4.78 is 12.0. The molecule has 2 aromatic heterocycles. The van der Waals surface area contributed by atoms with Gasteiger partial charge in [-0.3, -0.25) is 9.69 Å². The predicted octanol–water partition coefficient (Wildman–Crippen LogP) is 5.08. The van der Waals surface area contributed by atoms with Crippen LogP contribution in [0.2, 0.25) is 0 Å². The zero-order chi connectivity index (χ0) is 27.2. The van der Waals surface area contributed by atoms with Gasteiger partial charge in [-0.1, -0.05) is 25.5 Å². The van der Waals surface area contributed by atoms with Crippen LogP contribution in [0.25, 0.3) is 6.08 Å². The van der Waals surface area contributed by atoms with Crippen LogP contribution in [0.4, 0.5) is 4.79 Å². The van der Waals surface area contributed by atoms with Crippen LogP contribution in [0.15, 0.2) is 41.5 Å². The molecule has 0 radical (unpaired) electrons. The van der Waals surface area contributed by atoms with Crippen molar-refractivity contribution >= 4 is 60.1 Å². The van der Waals surface area contributed by atoms with E-state index in [1.54, 1.807) is 24.4 Å². The summed E-state index contributed by atoms with van der Waals surface area (Å²) in [4.78, 5) is 49.9. The molecule has 0 unspecified atom stereocenters. The molecule has 4 rings (SSSR count). The molecule has 1 aliphatic heterocycles. The van der Waals surface area contributed by atoms with Crippen LogP contribution in [0.5, 0.6) is 0 Å². The fourth-order valence-corrected chi connectivity index (χ4v) is 4.82. The second-order valence-electron chi connectivity index (χ2n) is 8.88. The van der Waals surface area contributed by atoms with Gasteiger partial charge in [0.15, 0.2) is 0 Å². The molecule has 1 fully saturated rings. The first-order chi connectivity index (χ1) is 18.4. The molecule has 3 aromatic rings. The van der Waals surface area contributed by atoms with Gasteiger partial charge >= 0.3 is 12.0 Å². The third-order valence-electron chi connectivity index (χ3n) is 6.19. The first-order valence-electron chi connectivity index (χ1n) is 12.3. The Morgan fingerprint density at radius 3 is 2.40 bits per heavy atom. The zero-order valence-electron chi connectivity index (χ0n) is 22.8. The summed E-state index contributed by atoms with van der Waals surface area (Å²) in [6.45, 7) is 4.52. The number of imide groups is 1. The van der Waals surface area contributed by atoms with E-state index in [0.717, 1.165) is 40.6 Å². The van der Waals surface area contributed by atoms with Crippen LogP contribution in [-0.2, 0) is 33.8 Å². The maximum atomic E-state index is 13.3. The predicted molar refractivity (Wildman–Crippen MR) is 157 cm³/mol. The molecule has 0 atom stereocenters. The monoisotopic (exact) mass is 609 g/mol. The number of amides is 3. The molecule has 0 spiro atoms. The summed E-state index contributed by atoms with van der Waals surface area (Å²) >= 11 is 1.49. The van der Waals surface area contributed by atoms with Crippen molar-refractivity contribution in [2.45, 2.75) is 46.2 Å². The van der Waals surface area contributed by atoms with Crippen LogP contribution in [0.3, 0.4) is 0 Å². The Kier molecular flexibility index (Phi) is 12.3. The number of hydrogen-bond donors (Lipinski definition) is 0. The Labute approximate surface area is 249 Å². The highest BCUT2D eigenvalue weighted by molar-refractivity contribution is 7.09. The van der Waals surface area contributed by atoms with E-state index < -0.39 is 17.9 Å². The molecule has 40 heavy (non-hydrogen) atoms. The molecule has 3 amide bonds. The highest BCUT2D eigenvalue weighted by Gasteiger charge is 2.41. The lowest BCUT2D eigenvalue weighted by Crippen LogP contribution is -2.34. The Bertz CT molecular complexity index is 1360. The number of halogens is 2. The van der Waals surface area contributed by atoms with Crippen molar-refractivity contribution < 1.29 is 23.9 Å². The topological polar surface area (TPSA) is 107 Å². The molecule has 0 N–H and O–H groups in total. The molecule has 10 nitrogen and oxygen atoms in total. The van der Waals surface area contributed by atoms with Crippen molar-refractivity contribution in [3.8, 4) is 0 Å². The van der Waals surface area contributed by atoms with Crippen molar-refractivity contribution in [2.75, 3.05) is 21.0 Å². The minimum absolute atomic E-state index is 0. The first-order valence-corrected chi connectivity index (χ1v) is 13.2. The summed E-state index contributed by atoms with van der Waals surface area (Å²) in [5.74, 6) is 0.0469. The van der Waals surface area contributed by atoms with E-state index in [2.05, 4.69) is 16.9 Å². The molecule has 3 heterocycles. The Balaban J connectivity index is 0.00000280. The minimum atomic E-state index is -0.454. The van der Waals surface area contributed by atoms with E-state index in [4.69, 9.17) is 9.47 Å². The highest BCUT2D eigenvalue weighted by atomic mass is 35.5. The number of urea groups is 1. The molecule has 1 saturated heterocycles. The van der Waals surface area contributed by atoms with Crippen LogP contribution < -0.4 is 0 Å². The van der Waals surface area contributed by atoms with Crippen molar-refractivity contribution in [3.63, 3.8) is 0 Å². The third kappa shape index (κ3) is 7.28. The van der Waals surface area contributed by atoms with Gasteiger partial charge in [0.05, 0.1) is 41.8 Å². The van der Waals surface area contributed by atoms with Gasteiger partial charge in [-0.05, 0) is 37.1 Å². The van der Waals surface area contributed by atoms with Crippen LogP contribution in [0, 0.1) is 6.92 Å². The lowest BCUT2D eigenvalue weighted by molar-refractivity contribution is -0.126. The number of unbranched alkanes of at least 4 members (excludes halogenated alkanes) is 1. The minimum Gasteiger partial charge on any atom is -0.465 e. The quantitative estimate of drug-likeness (QED) is 0.169. The number of ether oxygens (including phenoxy) is 2. The molecule has 0 bridgehead atoms. The molecule has 0 saturated carbocycles. The van der Waals surface area contributed by atoms with Crippen LogP contribution in [0.1, 0.15) is 57.9 Å². The van der Waals surface area contributed by atoms with Gasteiger partial charge < -0.3 is 14.0 Å². The maximum absolute atomic E-state index is 13.3. The average molecular weight is 611 g/mol. The number of hydrogen-bond acceptors (Lipinski definition) is 8. The fourth-order valence-electron chi connectivity index (χ4n) is 4.22. The van der Waals surface area contributed by atoms with Crippen LogP contribution >= 0.6 is 36.2 Å². The van der Waals surface area contributed by atoms with E-state index in [0.29, 0.717) is 23.5 Å². The number of benzene rings is 1. The molecule has 216 valence electrons. The van der Waals surface area contributed by atoms with Gasteiger partial charge in [0.1, 0.15) is 18.3 Å². The number of aromatic nitrogens is 3. The summed E-state index contributed by atoms with van der Waals surface area (Å²) in [6, 6.07) is 6.73. The van der Waals surface area contributed by atoms with Gasteiger partial charge in [0.25, 0.3) is 5.91 Å². The third-order valence-corrected chi connectivity index (χ3v) is 7.01. The Morgan fingerprint density at radius 2 is 1.80 bits per heavy atom. The Hall–Kier alpha value is -3.25. The maximum Gasteiger partial charge on any atom is 0.337 e. The van der Waals surface area contributed by atoms with E-state index >= 15 is 0 Å². The molecule has 0 aliphatic carbocycles. The number of esters is 1. The number of carbonyl (C=O) groups is 3. The second kappa shape index (κ2) is 14.9. The SMILES string of the molecule is CCCCc1ncc(/C=C2/C(=O)N(COC)C(=O)N2Cc2csc(C)n2)n1Cc1ccc(C(=O)OC)cc1.Cl.Cl. The van der Waals surface area contributed by atoms with E-state index in [1.807, 2.05) is 29.0 Å². The van der Waals surface area contributed by atoms with Crippen molar-refractivity contribution in [1.29, 1.82) is 0 Å². The number of aryl methyl sites for hydroxylation is 2. The number of thiazole rings is 1. The van der Waals surface area contributed by atoms with Crippen LogP contribution in [-0.4, -0.2) is 63.2 Å². The lowest BCUT2D eigenvalue weighted by atomic mass is 10.1. The number of rotatable bonds is 11. The lowest BCUT2D eigenvalue weighted by Gasteiger charge is -2.16. The zero-order valence-corrected chi connectivity index (χ0v) is 25.2.